The van der Waals surface area contributed by atoms with Gasteiger partial charge in [0.1, 0.15) is 5.82 Å². The zero-order valence-corrected chi connectivity index (χ0v) is 16.4. The first-order chi connectivity index (χ1) is 13.0. The predicted octanol–water partition coefficient (Wildman–Crippen LogP) is 2.49. The van der Waals surface area contributed by atoms with Crippen LogP contribution >= 0.6 is 12.4 Å². The van der Waals surface area contributed by atoms with Crippen molar-refractivity contribution in [3.05, 3.63) is 71.5 Å². The third-order valence-corrected chi connectivity index (χ3v) is 4.80. The molecule has 150 valence electrons. The SMILES string of the molecule is Cl.N[C@@H](Cc1ccccc1)C(=O)N1CCCN(C(=O)c2ccc(F)cc2)CC1. The second-order valence-electron chi connectivity index (χ2n) is 6.77. The van der Waals surface area contributed by atoms with Gasteiger partial charge in [0, 0.05) is 31.7 Å². The molecule has 2 N–H and O–H groups in total. The number of benzene rings is 2. The maximum absolute atomic E-state index is 13.0. The molecule has 0 unspecified atom stereocenters. The lowest BCUT2D eigenvalue weighted by atomic mass is 10.1. The first kappa shape index (κ1) is 21.9. The maximum Gasteiger partial charge on any atom is 0.253 e. The summed E-state index contributed by atoms with van der Waals surface area (Å²) < 4.78 is 13.0. The highest BCUT2D eigenvalue weighted by Gasteiger charge is 2.26. The van der Waals surface area contributed by atoms with Gasteiger partial charge >= 0.3 is 0 Å². The first-order valence-electron chi connectivity index (χ1n) is 9.18. The Labute approximate surface area is 170 Å². The van der Waals surface area contributed by atoms with E-state index in [-0.39, 0.29) is 30.0 Å². The van der Waals surface area contributed by atoms with Gasteiger partial charge in [0.25, 0.3) is 5.91 Å². The Hall–Kier alpha value is -2.44. The summed E-state index contributed by atoms with van der Waals surface area (Å²) in [7, 11) is 0. The van der Waals surface area contributed by atoms with E-state index < -0.39 is 6.04 Å². The average Bonchev–Trinajstić information content (AvgIpc) is 2.94. The van der Waals surface area contributed by atoms with Crippen molar-refractivity contribution in [2.45, 2.75) is 18.9 Å². The van der Waals surface area contributed by atoms with Crippen LogP contribution in [0.4, 0.5) is 4.39 Å². The Bertz CT molecular complexity index is 786. The highest BCUT2D eigenvalue weighted by Crippen LogP contribution is 2.12. The van der Waals surface area contributed by atoms with Crippen molar-refractivity contribution < 1.29 is 14.0 Å². The van der Waals surface area contributed by atoms with Crippen LogP contribution in [0.15, 0.2) is 54.6 Å². The maximum atomic E-state index is 13.0. The number of hydrogen-bond acceptors (Lipinski definition) is 3. The summed E-state index contributed by atoms with van der Waals surface area (Å²) in [6, 6.07) is 14.6. The fourth-order valence-electron chi connectivity index (χ4n) is 3.31. The molecule has 0 radical (unpaired) electrons. The van der Waals surface area contributed by atoms with E-state index in [4.69, 9.17) is 5.73 Å². The van der Waals surface area contributed by atoms with E-state index in [0.717, 1.165) is 5.56 Å². The standard InChI is InChI=1S/C21H24FN3O2.ClH/c22-18-9-7-17(8-10-18)20(26)24-11-4-12-25(14-13-24)21(27)19(23)15-16-5-2-1-3-6-16;/h1-3,5-10,19H,4,11-15,23H2;1H/t19-;/m0./s1. The molecule has 5 nitrogen and oxygen atoms in total. The monoisotopic (exact) mass is 405 g/mol. The van der Waals surface area contributed by atoms with Gasteiger partial charge in [-0.2, -0.15) is 0 Å². The summed E-state index contributed by atoms with van der Waals surface area (Å²) in [4.78, 5) is 28.7. The van der Waals surface area contributed by atoms with Crippen molar-refractivity contribution in [3.63, 3.8) is 0 Å². The summed E-state index contributed by atoms with van der Waals surface area (Å²) in [5.41, 5.74) is 7.61. The number of carbonyl (C=O) groups excluding carboxylic acids is 2. The van der Waals surface area contributed by atoms with Crippen LogP contribution in [0.2, 0.25) is 0 Å². The summed E-state index contributed by atoms with van der Waals surface area (Å²) in [6.07, 6.45) is 1.19. The molecule has 2 aromatic rings. The number of nitrogens with zero attached hydrogens (tertiary/aromatic N) is 2. The lowest BCUT2D eigenvalue weighted by Crippen LogP contribution is -2.46. The van der Waals surface area contributed by atoms with Gasteiger partial charge in [-0.1, -0.05) is 30.3 Å². The number of amides is 2. The normalized spacial score (nSPS) is 15.4. The molecule has 0 saturated carbocycles. The molecule has 1 fully saturated rings. The van der Waals surface area contributed by atoms with Gasteiger partial charge in [-0.3, -0.25) is 9.59 Å². The quantitative estimate of drug-likeness (QED) is 0.849. The van der Waals surface area contributed by atoms with Gasteiger partial charge < -0.3 is 15.5 Å². The zero-order chi connectivity index (χ0) is 19.2. The van der Waals surface area contributed by atoms with Crippen molar-refractivity contribution in [2.24, 2.45) is 5.73 Å². The lowest BCUT2D eigenvalue weighted by Gasteiger charge is -2.25. The molecule has 3 rings (SSSR count). The van der Waals surface area contributed by atoms with Crippen LogP contribution in [-0.2, 0) is 11.2 Å². The van der Waals surface area contributed by atoms with Crippen LogP contribution < -0.4 is 5.73 Å². The smallest absolute Gasteiger partial charge is 0.253 e. The van der Waals surface area contributed by atoms with Gasteiger partial charge in [-0.25, -0.2) is 4.39 Å². The van der Waals surface area contributed by atoms with E-state index in [1.807, 2.05) is 30.3 Å². The van der Waals surface area contributed by atoms with Gasteiger partial charge in [0.05, 0.1) is 6.04 Å². The fraction of sp³-hybridized carbons (Fsp3) is 0.333. The molecule has 0 aliphatic carbocycles. The molecule has 7 heteroatoms. The predicted molar refractivity (Wildman–Crippen MR) is 109 cm³/mol. The van der Waals surface area contributed by atoms with Gasteiger partial charge in [-0.05, 0) is 42.7 Å². The van der Waals surface area contributed by atoms with E-state index >= 15 is 0 Å². The first-order valence-corrected chi connectivity index (χ1v) is 9.18. The molecule has 0 bridgehead atoms. The summed E-state index contributed by atoms with van der Waals surface area (Å²) in [5.74, 6) is -0.598. The highest BCUT2D eigenvalue weighted by atomic mass is 35.5. The number of carbonyl (C=O) groups is 2. The Kier molecular flexibility index (Phi) is 7.96. The van der Waals surface area contributed by atoms with Crippen LogP contribution in [-0.4, -0.2) is 53.8 Å². The summed E-state index contributed by atoms with van der Waals surface area (Å²) >= 11 is 0. The fourth-order valence-corrected chi connectivity index (χ4v) is 3.31. The molecule has 1 saturated heterocycles. The van der Waals surface area contributed by atoms with Crippen molar-refractivity contribution in [3.8, 4) is 0 Å². The molecule has 1 aliphatic rings. The molecule has 28 heavy (non-hydrogen) atoms. The van der Waals surface area contributed by atoms with Gasteiger partial charge in [0.15, 0.2) is 0 Å². The topological polar surface area (TPSA) is 66.6 Å². The second kappa shape index (κ2) is 10.2. The van der Waals surface area contributed by atoms with Crippen LogP contribution in [0.3, 0.4) is 0 Å². The van der Waals surface area contributed by atoms with E-state index in [0.29, 0.717) is 44.6 Å². The largest absolute Gasteiger partial charge is 0.339 e. The molecular formula is C21H25ClFN3O2. The van der Waals surface area contributed by atoms with Crippen LogP contribution in [0.5, 0.6) is 0 Å². The Morgan fingerprint density at radius 2 is 1.54 bits per heavy atom. The Morgan fingerprint density at radius 1 is 0.929 bits per heavy atom. The molecule has 2 aromatic carbocycles. The minimum absolute atomic E-state index is 0. The van der Waals surface area contributed by atoms with Crippen LogP contribution in [0.25, 0.3) is 0 Å². The molecule has 1 atom stereocenters. The number of rotatable bonds is 4. The Balaban J connectivity index is 0.00000280. The van der Waals surface area contributed by atoms with Crippen LogP contribution in [0.1, 0.15) is 22.3 Å². The third-order valence-electron chi connectivity index (χ3n) is 4.80. The minimum Gasteiger partial charge on any atom is -0.339 e. The molecule has 1 heterocycles. The number of hydrogen-bond donors (Lipinski definition) is 1. The highest BCUT2D eigenvalue weighted by molar-refractivity contribution is 5.94. The van der Waals surface area contributed by atoms with E-state index in [1.54, 1.807) is 9.80 Å². The van der Waals surface area contributed by atoms with Crippen molar-refractivity contribution in [1.29, 1.82) is 0 Å². The van der Waals surface area contributed by atoms with E-state index in [2.05, 4.69) is 0 Å². The molecule has 0 spiro atoms. The van der Waals surface area contributed by atoms with Gasteiger partial charge in [-0.15, -0.1) is 12.4 Å². The third kappa shape index (κ3) is 5.53. The Morgan fingerprint density at radius 3 is 2.21 bits per heavy atom. The van der Waals surface area contributed by atoms with Crippen LogP contribution in [0, 0.1) is 5.82 Å². The summed E-state index contributed by atoms with van der Waals surface area (Å²) in [6.45, 7) is 2.04. The van der Waals surface area contributed by atoms with Crippen molar-refractivity contribution in [1.82, 2.24) is 9.80 Å². The zero-order valence-electron chi connectivity index (χ0n) is 15.6. The van der Waals surface area contributed by atoms with Crippen molar-refractivity contribution >= 4 is 24.2 Å². The number of nitrogens with two attached hydrogens (primary N) is 1. The van der Waals surface area contributed by atoms with E-state index in [9.17, 15) is 14.0 Å². The second-order valence-corrected chi connectivity index (χ2v) is 6.77. The number of halogens is 2. The average molecular weight is 406 g/mol. The molecule has 0 aromatic heterocycles. The minimum atomic E-state index is -0.591. The van der Waals surface area contributed by atoms with Gasteiger partial charge in [0.2, 0.25) is 5.91 Å². The van der Waals surface area contributed by atoms with E-state index in [1.165, 1.54) is 24.3 Å². The molecular weight excluding hydrogens is 381 g/mol. The summed E-state index contributed by atoms with van der Waals surface area (Å²) in [5, 5.41) is 0. The molecule has 2 amide bonds. The van der Waals surface area contributed by atoms with Crippen molar-refractivity contribution in [2.75, 3.05) is 26.2 Å². The molecule has 1 aliphatic heterocycles. The lowest BCUT2D eigenvalue weighted by molar-refractivity contribution is -0.132.